The van der Waals surface area contributed by atoms with Crippen LogP contribution in [0.1, 0.15) is 19.8 Å². The van der Waals surface area contributed by atoms with Crippen LogP contribution in [0, 0.1) is 0 Å². The van der Waals surface area contributed by atoms with Crippen LogP contribution in [0.3, 0.4) is 0 Å². The Balaban J connectivity index is 1.90. The molecule has 1 aromatic rings. The number of methoxy groups -OCH3 is 1. The summed E-state index contributed by atoms with van der Waals surface area (Å²) >= 11 is 0. The summed E-state index contributed by atoms with van der Waals surface area (Å²) < 4.78 is 34.4. The Morgan fingerprint density at radius 1 is 1.37 bits per heavy atom. The minimum atomic E-state index is -3.02. The van der Waals surface area contributed by atoms with Crippen LogP contribution in [0.5, 0.6) is 11.5 Å². The zero-order valence-electron chi connectivity index (χ0n) is 15.1. The first kappa shape index (κ1) is 20.7. The third kappa shape index (κ3) is 5.95. The topological polar surface area (TPSA) is 100 Å². The average molecular weight is 387 g/mol. The summed E-state index contributed by atoms with van der Waals surface area (Å²) in [5, 5.41) is 14.1. The van der Waals surface area contributed by atoms with Crippen molar-refractivity contribution in [1.29, 1.82) is 0 Å². The lowest BCUT2D eigenvalue weighted by Crippen LogP contribution is -2.55. The summed E-state index contributed by atoms with van der Waals surface area (Å²) in [6.45, 7) is -0.584. The fourth-order valence-corrected chi connectivity index (χ4v) is 2.95. The summed E-state index contributed by atoms with van der Waals surface area (Å²) in [7, 11) is 1.41. The maximum absolute atomic E-state index is 12.5. The van der Waals surface area contributed by atoms with E-state index >= 15 is 0 Å². The van der Waals surface area contributed by atoms with E-state index in [1.165, 1.54) is 25.3 Å². The summed E-state index contributed by atoms with van der Waals surface area (Å²) in [4.78, 5) is 24.8. The van der Waals surface area contributed by atoms with E-state index in [-0.39, 0.29) is 30.1 Å². The molecule has 0 radical (unpaired) electrons. The van der Waals surface area contributed by atoms with Gasteiger partial charge >= 0.3 is 18.6 Å². The number of amides is 2. The molecule has 0 atom stereocenters. The standard InChI is InChI=1S/C17H23F2N3O5/c1-3-22(9-15(23)24)11-6-10(7-11)20-17(25)21-13-8-12(26-2)4-5-14(13)27-16(18)19/h4-5,8,10-11,16H,3,6-7,9H2,1-2H3,(H,23,24)(H2,20,21,25). The average Bonchev–Trinajstić information content (AvgIpc) is 2.56. The van der Waals surface area contributed by atoms with Crippen molar-refractivity contribution >= 4 is 17.7 Å². The number of aliphatic carboxylic acids is 1. The number of carbonyl (C=O) groups is 2. The molecule has 0 bridgehead atoms. The smallest absolute Gasteiger partial charge is 0.387 e. The number of carboxylic acid groups (broad SMARTS) is 1. The Morgan fingerprint density at radius 2 is 2.07 bits per heavy atom. The molecule has 1 fully saturated rings. The van der Waals surface area contributed by atoms with Gasteiger partial charge in [-0.25, -0.2) is 4.79 Å². The second-order valence-corrected chi connectivity index (χ2v) is 6.12. The van der Waals surface area contributed by atoms with Crippen molar-refractivity contribution in [2.75, 3.05) is 25.5 Å². The zero-order chi connectivity index (χ0) is 20.0. The lowest BCUT2D eigenvalue weighted by molar-refractivity contribution is -0.139. The molecule has 1 aromatic carbocycles. The maximum Gasteiger partial charge on any atom is 0.387 e. The van der Waals surface area contributed by atoms with E-state index in [0.29, 0.717) is 25.1 Å². The molecule has 1 aliphatic carbocycles. The first-order chi connectivity index (χ1) is 12.8. The number of benzene rings is 1. The molecule has 0 saturated heterocycles. The fourth-order valence-electron chi connectivity index (χ4n) is 2.95. The molecule has 0 aliphatic heterocycles. The van der Waals surface area contributed by atoms with E-state index in [2.05, 4.69) is 15.4 Å². The second kappa shape index (κ2) is 9.36. The van der Waals surface area contributed by atoms with Crippen molar-refractivity contribution in [3.05, 3.63) is 18.2 Å². The predicted octanol–water partition coefficient (Wildman–Crippen LogP) is 2.36. The SMILES string of the molecule is CCN(CC(=O)O)C1CC(NC(=O)Nc2cc(OC)ccc2OC(F)F)C1. The number of nitrogens with one attached hydrogen (secondary N) is 2. The van der Waals surface area contributed by atoms with Crippen LogP contribution >= 0.6 is 0 Å². The molecule has 2 rings (SSSR count). The Morgan fingerprint density at radius 3 is 2.63 bits per heavy atom. The van der Waals surface area contributed by atoms with E-state index in [1.54, 1.807) is 0 Å². The van der Waals surface area contributed by atoms with E-state index in [9.17, 15) is 18.4 Å². The van der Waals surface area contributed by atoms with Crippen LogP contribution < -0.4 is 20.1 Å². The Kier molecular flexibility index (Phi) is 7.17. The molecule has 10 heteroatoms. The number of nitrogens with zero attached hydrogens (tertiary/aromatic N) is 1. The molecular weight excluding hydrogens is 364 g/mol. The number of hydrogen-bond acceptors (Lipinski definition) is 5. The first-order valence-corrected chi connectivity index (χ1v) is 8.48. The van der Waals surface area contributed by atoms with Crippen molar-refractivity contribution in [2.45, 2.75) is 38.5 Å². The molecule has 1 aliphatic rings. The number of urea groups is 1. The number of carboxylic acids is 1. The normalized spacial score (nSPS) is 18.7. The second-order valence-electron chi connectivity index (χ2n) is 6.12. The van der Waals surface area contributed by atoms with Crippen molar-refractivity contribution in [3.8, 4) is 11.5 Å². The zero-order valence-corrected chi connectivity index (χ0v) is 15.1. The van der Waals surface area contributed by atoms with Gasteiger partial charge in [0, 0.05) is 18.2 Å². The van der Waals surface area contributed by atoms with Crippen LogP contribution in [-0.2, 0) is 4.79 Å². The van der Waals surface area contributed by atoms with E-state index in [0.717, 1.165) is 0 Å². The van der Waals surface area contributed by atoms with Gasteiger partial charge in [0.1, 0.15) is 11.5 Å². The quantitative estimate of drug-likeness (QED) is 0.602. The Labute approximate surface area is 155 Å². The largest absolute Gasteiger partial charge is 0.497 e. The van der Waals surface area contributed by atoms with Gasteiger partial charge in [0.25, 0.3) is 0 Å². The number of hydrogen-bond donors (Lipinski definition) is 3. The number of carbonyl (C=O) groups excluding carboxylic acids is 1. The fraction of sp³-hybridized carbons (Fsp3) is 0.529. The number of likely N-dealkylation sites (N-methyl/N-ethyl adjacent to an activating group) is 1. The summed E-state index contributed by atoms with van der Waals surface area (Å²) in [5.74, 6) is -0.690. The molecule has 27 heavy (non-hydrogen) atoms. The highest BCUT2D eigenvalue weighted by molar-refractivity contribution is 5.91. The van der Waals surface area contributed by atoms with Gasteiger partial charge in [-0.05, 0) is 31.5 Å². The summed E-state index contributed by atoms with van der Waals surface area (Å²) in [5.41, 5.74) is 0.0593. The third-order valence-corrected chi connectivity index (χ3v) is 4.36. The molecule has 1 saturated carbocycles. The lowest BCUT2D eigenvalue weighted by atomic mass is 9.85. The van der Waals surface area contributed by atoms with Crippen molar-refractivity contribution in [1.82, 2.24) is 10.2 Å². The molecule has 0 heterocycles. The number of ether oxygens (including phenoxy) is 2. The summed E-state index contributed by atoms with van der Waals surface area (Å²) in [6, 6.07) is 3.51. The van der Waals surface area contributed by atoms with Gasteiger partial charge < -0.3 is 25.2 Å². The first-order valence-electron chi connectivity index (χ1n) is 8.48. The van der Waals surface area contributed by atoms with Crippen LogP contribution in [-0.4, -0.2) is 60.9 Å². The van der Waals surface area contributed by atoms with Crippen LogP contribution in [0.15, 0.2) is 18.2 Å². The number of anilines is 1. The van der Waals surface area contributed by atoms with Gasteiger partial charge in [-0.1, -0.05) is 6.92 Å². The molecule has 0 unspecified atom stereocenters. The highest BCUT2D eigenvalue weighted by Gasteiger charge is 2.34. The number of halogens is 2. The minimum absolute atomic E-state index is 0.0434. The monoisotopic (exact) mass is 387 g/mol. The van der Waals surface area contributed by atoms with E-state index in [4.69, 9.17) is 9.84 Å². The van der Waals surface area contributed by atoms with E-state index in [1.807, 2.05) is 11.8 Å². The Bertz CT molecular complexity index is 668. The van der Waals surface area contributed by atoms with Gasteiger partial charge in [-0.2, -0.15) is 8.78 Å². The molecule has 0 aromatic heterocycles. The van der Waals surface area contributed by atoms with Crippen LogP contribution in [0.25, 0.3) is 0 Å². The molecule has 0 spiro atoms. The maximum atomic E-state index is 12.5. The third-order valence-electron chi connectivity index (χ3n) is 4.36. The van der Waals surface area contributed by atoms with Gasteiger partial charge in [-0.3, -0.25) is 9.69 Å². The molecule has 3 N–H and O–H groups in total. The lowest BCUT2D eigenvalue weighted by Gasteiger charge is -2.42. The summed E-state index contributed by atoms with van der Waals surface area (Å²) in [6.07, 6.45) is 1.24. The highest BCUT2D eigenvalue weighted by atomic mass is 19.3. The molecule has 2 amide bonds. The van der Waals surface area contributed by atoms with Gasteiger partial charge in [0.2, 0.25) is 0 Å². The van der Waals surface area contributed by atoms with Gasteiger partial charge in [-0.15, -0.1) is 0 Å². The molecule has 8 nitrogen and oxygen atoms in total. The van der Waals surface area contributed by atoms with Crippen molar-refractivity contribution < 1.29 is 33.0 Å². The van der Waals surface area contributed by atoms with E-state index < -0.39 is 18.6 Å². The van der Waals surface area contributed by atoms with Crippen molar-refractivity contribution in [3.63, 3.8) is 0 Å². The molecule has 150 valence electrons. The van der Waals surface area contributed by atoms with Gasteiger partial charge in [0.05, 0.1) is 19.3 Å². The predicted molar refractivity (Wildman–Crippen MR) is 93.5 cm³/mol. The Hall–Kier alpha value is -2.62. The number of alkyl halides is 2. The van der Waals surface area contributed by atoms with Crippen molar-refractivity contribution in [2.24, 2.45) is 0 Å². The highest BCUT2D eigenvalue weighted by Crippen LogP contribution is 2.31. The minimum Gasteiger partial charge on any atom is -0.497 e. The van der Waals surface area contributed by atoms with Crippen LogP contribution in [0.4, 0.5) is 19.3 Å². The molecular formula is C17H23F2N3O5. The number of rotatable bonds is 9. The van der Waals surface area contributed by atoms with Gasteiger partial charge in [0.15, 0.2) is 0 Å². The van der Waals surface area contributed by atoms with Crippen LogP contribution in [0.2, 0.25) is 0 Å².